The summed E-state index contributed by atoms with van der Waals surface area (Å²) in [4.78, 5) is 14.1. The smallest absolute Gasteiger partial charge is 0.267 e. The van der Waals surface area contributed by atoms with Gasteiger partial charge in [-0.2, -0.15) is 0 Å². The number of amides is 1. The minimum atomic E-state index is -0.542. The van der Waals surface area contributed by atoms with E-state index in [0.717, 1.165) is 0 Å². The lowest BCUT2D eigenvalue weighted by molar-refractivity contribution is 0.0995. The molecule has 1 amide bonds. The second-order valence-corrected chi connectivity index (χ2v) is 1.84. The molecular formula is C8H13N3O. The van der Waals surface area contributed by atoms with Crippen molar-refractivity contribution >= 4 is 11.6 Å². The summed E-state index contributed by atoms with van der Waals surface area (Å²) in [6, 6.07) is 3.06. The quantitative estimate of drug-likeness (QED) is 0.648. The molecule has 4 nitrogen and oxygen atoms in total. The van der Waals surface area contributed by atoms with Gasteiger partial charge in [0, 0.05) is 0 Å². The highest BCUT2D eigenvalue weighted by Gasteiger charge is 1.98. The molecule has 0 radical (unpaired) electrons. The number of pyridine rings is 1. The van der Waals surface area contributed by atoms with Crippen LogP contribution in [-0.2, 0) is 0 Å². The third-order valence-electron chi connectivity index (χ3n) is 1.04. The first-order valence-electron chi connectivity index (χ1n) is 3.71. The topological polar surface area (TPSA) is 82.0 Å². The van der Waals surface area contributed by atoms with E-state index in [1.54, 1.807) is 6.07 Å². The van der Waals surface area contributed by atoms with Crippen LogP contribution in [0.2, 0.25) is 0 Å². The Morgan fingerprint density at radius 1 is 1.42 bits per heavy atom. The molecule has 1 aromatic rings. The lowest BCUT2D eigenvalue weighted by Crippen LogP contribution is -2.12. The van der Waals surface area contributed by atoms with E-state index in [1.165, 1.54) is 12.3 Å². The van der Waals surface area contributed by atoms with Crippen LogP contribution in [-0.4, -0.2) is 10.9 Å². The summed E-state index contributed by atoms with van der Waals surface area (Å²) >= 11 is 0. The van der Waals surface area contributed by atoms with Gasteiger partial charge in [0.25, 0.3) is 5.91 Å². The maximum absolute atomic E-state index is 10.4. The number of hydrogen-bond donors (Lipinski definition) is 2. The minimum absolute atomic E-state index is 0.231. The molecule has 4 heteroatoms. The number of carbonyl (C=O) groups excluding carboxylic acids is 1. The van der Waals surface area contributed by atoms with Gasteiger partial charge in [-0.15, -0.1) is 0 Å². The van der Waals surface area contributed by atoms with Gasteiger partial charge in [-0.1, -0.05) is 13.8 Å². The number of anilines is 1. The number of aromatic nitrogens is 1. The van der Waals surface area contributed by atoms with Crippen molar-refractivity contribution in [1.29, 1.82) is 0 Å². The summed E-state index contributed by atoms with van der Waals surface area (Å²) in [5.41, 5.74) is 11.0. The van der Waals surface area contributed by atoms with E-state index in [9.17, 15) is 4.79 Å². The first kappa shape index (κ1) is 10.4. The summed E-state index contributed by atoms with van der Waals surface area (Å²) in [5.74, 6) is -0.542. The molecular weight excluding hydrogens is 154 g/mol. The highest BCUT2D eigenvalue weighted by molar-refractivity contribution is 5.90. The van der Waals surface area contributed by atoms with Gasteiger partial charge in [0.05, 0.1) is 11.9 Å². The maximum Gasteiger partial charge on any atom is 0.267 e. The Balaban J connectivity index is 0.000000561. The second-order valence-electron chi connectivity index (χ2n) is 1.84. The molecule has 1 aromatic heterocycles. The van der Waals surface area contributed by atoms with Gasteiger partial charge in [0.2, 0.25) is 0 Å². The maximum atomic E-state index is 10.4. The van der Waals surface area contributed by atoms with Crippen molar-refractivity contribution in [3.63, 3.8) is 0 Å². The molecule has 0 saturated heterocycles. The van der Waals surface area contributed by atoms with Crippen molar-refractivity contribution in [3.05, 3.63) is 24.0 Å². The van der Waals surface area contributed by atoms with Crippen LogP contribution >= 0.6 is 0 Å². The largest absolute Gasteiger partial charge is 0.397 e. The fourth-order valence-electron chi connectivity index (χ4n) is 0.551. The first-order chi connectivity index (χ1) is 5.70. The van der Waals surface area contributed by atoms with E-state index >= 15 is 0 Å². The second kappa shape index (κ2) is 5.12. The Morgan fingerprint density at radius 2 is 2.00 bits per heavy atom. The Morgan fingerprint density at radius 3 is 2.33 bits per heavy atom. The lowest BCUT2D eigenvalue weighted by atomic mass is 10.3. The molecule has 0 fully saturated rings. The van der Waals surface area contributed by atoms with Crippen molar-refractivity contribution in [3.8, 4) is 0 Å². The van der Waals surface area contributed by atoms with Gasteiger partial charge in [0.1, 0.15) is 5.69 Å². The van der Waals surface area contributed by atoms with Crippen LogP contribution in [0.3, 0.4) is 0 Å². The SMILES string of the molecule is CC.NC(=O)c1ccc(N)cn1. The van der Waals surface area contributed by atoms with Crippen LogP contribution in [0.4, 0.5) is 5.69 Å². The Labute approximate surface area is 71.6 Å². The van der Waals surface area contributed by atoms with Gasteiger partial charge in [-0.05, 0) is 12.1 Å². The standard InChI is InChI=1S/C6H7N3O.C2H6/c7-4-1-2-5(6(8)10)9-3-4;1-2/h1-3H,7H2,(H2,8,10);1-2H3. The van der Waals surface area contributed by atoms with E-state index < -0.39 is 5.91 Å². The molecule has 66 valence electrons. The lowest BCUT2D eigenvalue weighted by Gasteiger charge is -1.93. The molecule has 0 atom stereocenters. The van der Waals surface area contributed by atoms with Crippen LogP contribution in [0.5, 0.6) is 0 Å². The highest BCUT2D eigenvalue weighted by Crippen LogP contribution is 1.99. The molecule has 0 bridgehead atoms. The van der Waals surface area contributed by atoms with Crippen molar-refractivity contribution < 1.29 is 4.79 Å². The Bertz CT molecular complexity index is 243. The third-order valence-corrected chi connectivity index (χ3v) is 1.04. The number of nitrogens with zero attached hydrogens (tertiary/aromatic N) is 1. The summed E-state index contributed by atoms with van der Waals surface area (Å²) < 4.78 is 0. The fourth-order valence-corrected chi connectivity index (χ4v) is 0.551. The van der Waals surface area contributed by atoms with E-state index in [4.69, 9.17) is 11.5 Å². The zero-order valence-electron chi connectivity index (χ0n) is 7.24. The molecule has 0 aromatic carbocycles. The summed E-state index contributed by atoms with van der Waals surface area (Å²) in [5, 5.41) is 0. The molecule has 0 saturated carbocycles. The van der Waals surface area contributed by atoms with Gasteiger partial charge in [-0.25, -0.2) is 4.98 Å². The molecule has 12 heavy (non-hydrogen) atoms. The Hall–Kier alpha value is -1.58. The number of primary amides is 1. The van der Waals surface area contributed by atoms with Crippen molar-refractivity contribution in [2.75, 3.05) is 5.73 Å². The van der Waals surface area contributed by atoms with Crippen LogP contribution < -0.4 is 11.5 Å². The van der Waals surface area contributed by atoms with Crippen molar-refractivity contribution in [2.24, 2.45) is 5.73 Å². The fraction of sp³-hybridized carbons (Fsp3) is 0.250. The van der Waals surface area contributed by atoms with E-state index in [1.807, 2.05) is 13.8 Å². The van der Waals surface area contributed by atoms with E-state index in [0.29, 0.717) is 5.69 Å². The van der Waals surface area contributed by atoms with Gasteiger partial charge in [0.15, 0.2) is 0 Å². The zero-order chi connectivity index (χ0) is 9.56. The third kappa shape index (κ3) is 3.01. The van der Waals surface area contributed by atoms with Gasteiger partial charge >= 0.3 is 0 Å². The normalized spacial score (nSPS) is 8.17. The predicted molar refractivity (Wildman–Crippen MR) is 48.5 cm³/mol. The summed E-state index contributed by atoms with van der Waals surface area (Å²) in [6.07, 6.45) is 1.39. The van der Waals surface area contributed by atoms with Crippen molar-refractivity contribution in [2.45, 2.75) is 13.8 Å². The van der Waals surface area contributed by atoms with Gasteiger partial charge < -0.3 is 11.5 Å². The minimum Gasteiger partial charge on any atom is -0.397 e. The number of nitrogen functional groups attached to an aromatic ring is 1. The summed E-state index contributed by atoms with van der Waals surface area (Å²) in [7, 11) is 0. The monoisotopic (exact) mass is 167 g/mol. The predicted octanol–water partition coefficient (Wildman–Crippen LogP) is 0.789. The molecule has 0 aliphatic carbocycles. The average Bonchev–Trinajstić information content (AvgIpc) is 2.09. The number of nitrogens with two attached hydrogens (primary N) is 2. The van der Waals surface area contributed by atoms with Crippen LogP contribution in [0.25, 0.3) is 0 Å². The van der Waals surface area contributed by atoms with Crippen molar-refractivity contribution in [1.82, 2.24) is 4.98 Å². The Kier molecular flexibility index (Phi) is 4.45. The average molecular weight is 167 g/mol. The van der Waals surface area contributed by atoms with Gasteiger partial charge in [-0.3, -0.25) is 4.79 Å². The zero-order valence-corrected chi connectivity index (χ0v) is 7.24. The summed E-state index contributed by atoms with van der Waals surface area (Å²) in [6.45, 7) is 4.00. The number of rotatable bonds is 1. The molecule has 0 unspecified atom stereocenters. The highest BCUT2D eigenvalue weighted by atomic mass is 16.1. The van der Waals surface area contributed by atoms with Crippen LogP contribution in [0, 0.1) is 0 Å². The molecule has 1 heterocycles. The van der Waals surface area contributed by atoms with E-state index in [-0.39, 0.29) is 5.69 Å². The van der Waals surface area contributed by atoms with Crippen LogP contribution in [0.15, 0.2) is 18.3 Å². The molecule has 4 N–H and O–H groups in total. The van der Waals surface area contributed by atoms with Crippen LogP contribution in [0.1, 0.15) is 24.3 Å². The number of hydrogen-bond acceptors (Lipinski definition) is 3. The molecule has 0 aliphatic heterocycles. The molecule has 1 rings (SSSR count). The number of carbonyl (C=O) groups is 1. The first-order valence-corrected chi connectivity index (χ1v) is 3.71. The van der Waals surface area contributed by atoms with E-state index in [2.05, 4.69) is 4.98 Å². The molecule has 0 aliphatic rings. The molecule has 0 spiro atoms.